The monoisotopic (exact) mass is 433 g/mol. The molecule has 3 rings (SSSR count). The zero-order valence-electron chi connectivity index (χ0n) is 13.3. The molecular formula is C17H25ClIN3. The van der Waals surface area contributed by atoms with E-state index in [1.165, 1.54) is 24.8 Å². The van der Waals surface area contributed by atoms with Gasteiger partial charge in [0.2, 0.25) is 0 Å². The van der Waals surface area contributed by atoms with Crippen LogP contribution >= 0.6 is 35.6 Å². The molecule has 1 aromatic carbocycles. The highest BCUT2D eigenvalue weighted by molar-refractivity contribution is 14.0. The van der Waals surface area contributed by atoms with E-state index in [9.17, 15) is 0 Å². The molecule has 2 fully saturated rings. The molecule has 1 aliphatic heterocycles. The van der Waals surface area contributed by atoms with Gasteiger partial charge in [-0.25, -0.2) is 0 Å². The van der Waals surface area contributed by atoms with Gasteiger partial charge in [-0.15, -0.1) is 24.0 Å². The molecule has 1 N–H and O–H groups in total. The Labute approximate surface area is 155 Å². The van der Waals surface area contributed by atoms with E-state index in [4.69, 9.17) is 11.6 Å². The van der Waals surface area contributed by atoms with E-state index in [0.29, 0.717) is 12.0 Å². The van der Waals surface area contributed by atoms with E-state index < -0.39 is 0 Å². The first kappa shape index (κ1) is 17.9. The fourth-order valence-corrected chi connectivity index (χ4v) is 3.34. The third kappa shape index (κ3) is 4.28. The van der Waals surface area contributed by atoms with Crippen molar-refractivity contribution in [2.24, 2.45) is 10.9 Å². The van der Waals surface area contributed by atoms with E-state index in [-0.39, 0.29) is 24.0 Å². The molecule has 1 saturated heterocycles. The number of benzene rings is 1. The summed E-state index contributed by atoms with van der Waals surface area (Å²) in [7, 11) is 1.89. The van der Waals surface area contributed by atoms with Crippen LogP contribution in [0.5, 0.6) is 0 Å². The number of hydrogen-bond acceptors (Lipinski definition) is 1. The minimum atomic E-state index is 0. The Morgan fingerprint density at radius 3 is 2.68 bits per heavy atom. The summed E-state index contributed by atoms with van der Waals surface area (Å²) in [5.74, 6) is 2.49. The Kier molecular flexibility index (Phi) is 6.38. The minimum Gasteiger partial charge on any atom is -0.353 e. The first-order valence-electron chi connectivity index (χ1n) is 7.91. The van der Waals surface area contributed by atoms with Crippen molar-refractivity contribution in [2.45, 2.75) is 38.1 Å². The van der Waals surface area contributed by atoms with E-state index >= 15 is 0 Å². The van der Waals surface area contributed by atoms with Gasteiger partial charge in [0.1, 0.15) is 0 Å². The Hall–Kier alpha value is -0.490. The van der Waals surface area contributed by atoms with Crippen LogP contribution in [-0.4, -0.2) is 37.0 Å². The van der Waals surface area contributed by atoms with E-state index in [1.54, 1.807) is 0 Å². The highest BCUT2D eigenvalue weighted by atomic mass is 127. The molecule has 3 nitrogen and oxygen atoms in total. The van der Waals surface area contributed by atoms with Crippen molar-refractivity contribution in [3.05, 3.63) is 34.9 Å². The fourth-order valence-electron chi connectivity index (χ4n) is 3.14. The summed E-state index contributed by atoms with van der Waals surface area (Å²) in [5, 5.41) is 4.45. The largest absolute Gasteiger partial charge is 0.353 e. The second-order valence-corrected chi connectivity index (χ2v) is 6.80. The van der Waals surface area contributed by atoms with Crippen molar-refractivity contribution in [1.82, 2.24) is 10.2 Å². The van der Waals surface area contributed by atoms with Crippen molar-refractivity contribution in [3.8, 4) is 0 Å². The Balaban J connectivity index is 0.00000176. The number of nitrogens with one attached hydrogen (secondary N) is 1. The lowest BCUT2D eigenvalue weighted by Gasteiger charge is -2.33. The second kappa shape index (κ2) is 7.86. The second-order valence-electron chi connectivity index (χ2n) is 6.36. The van der Waals surface area contributed by atoms with Crippen molar-refractivity contribution < 1.29 is 0 Å². The third-order valence-corrected chi connectivity index (χ3v) is 4.91. The molecule has 0 amide bonds. The molecular weight excluding hydrogens is 409 g/mol. The van der Waals surface area contributed by atoms with Crippen molar-refractivity contribution >= 4 is 41.5 Å². The van der Waals surface area contributed by atoms with E-state index in [2.05, 4.69) is 34.3 Å². The van der Waals surface area contributed by atoms with Crippen LogP contribution in [0.2, 0.25) is 5.02 Å². The standard InChI is InChI=1S/C17H24ClN3.HI/c1-12-6-8-21(9-7-12)17(19-2)20-16-11-15(16)13-4-3-5-14(18)10-13;/h3-5,10,12,15-16H,6-9,11H2,1-2H3,(H,19,20);1H. The maximum absolute atomic E-state index is 6.08. The Morgan fingerprint density at radius 1 is 1.32 bits per heavy atom. The number of nitrogens with zero attached hydrogens (tertiary/aromatic N) is 2. The third-order valence-electron chi connectivity index (χ3n) is 4.68. The highest BCUT2D eigenvalue weighted by Gasteiger charge is 2.39. The molecule has 2 atom stereocenters. The Morgan fingerprint density at radius 2 is 2.05 bits per heavy atom. The molecule has 1 heterocycles. The number of rotatable bonds is 2. The summed E-state index contributed by atoms with van der Waals surface area (Å²) in [5.41, 5.74) is 1.34. The van der Waals surface area contributed by atoms with Gasteiger partial charge < -0.3 is 10.2 Å². The average Bonchev–Trinajstić information content (AvgIpc) is 3.25. The van der Waals surface area contributed by atoms with Crippen LogP contribution in [0, 0.1) is 5.92 Å². The molecule has 22 heavy (non-hydrogen) atoms. The molecule has 2 aliphatic rings. The maximum atomic E-state index is 6.08. The first-order chi connectivity index (χ1) is 10.2. The van der Waals surface area contributed by atoms with Crippen molar-refractivity contribution in [3.63, 3.8) is 0 Å². The fraction of sp³-hybridized carbons (Fsp3) is 0.588. The van der Waals surface area contributed by atoms with Gasteiger partial charge in [-0.05, 0) is 42.9 Å². The van der Waals surface area contributed by atoms with Gasteiger partial charge in [0.15, 0.2) is 5.96 Å². The van der Waals surface area contributed by atoms with Crippen LogP contribution in [0.4, 0.5) is 0 Å². The summed E-state index contributed by atoms with van der Waals surface area (Å²) in [6.07, 6.45) is 3.70. The zero-order valence-corrected chi connectivity index (χ0v) is 16.3. The number of halogens is 2. The lowest BCUT2D eigenvalue weighted by Crippen LogP contribution is -2.46. The predicted octanol–water partition coefficient (Wildman–Crippen LogP) is 4.12. The van der Waals surface area contributed by atoms with Crippen LogP contribution in [0.1, 0.15) is 37.7 Å². The maximum Gasteiger partial charge on any atom is 0.193 e. The predicted molar refractivity (Wildman–Crippen MR) is 104 cm³/mol. The molecule has 1 saturated carbocycles. The topological polar surface area (TPSA) is 27.6 Å². The van der Waals surface area contributed by atoms with Gasteiger partial charge in [0.05, 0.1) is 0 Å². The molecule has 0 radical (unpaired) electrons. The molecule has 5 heteroatoms. The van der Waals surface area contributed by atoms with Gasteiger partial charge in [0.25, 0.3) is 0 Å². The molecule has 0 bridgehead atoms. The van der Waals surface area contributed by atoms with Crippen molar-refractivity contribution in [2.75, 3.05) is 20.1 Å². The molecule has 122 valence electrons. The summed E-state index contributed by atoms with van der Waals surface area (Å²) in [4.78, 5) is 6.86. The number of guanidine groups is 1. The molecule has 2 unspecified atom stereocenters. The number of likely N-dealkylation sites (tertiary alicyclic amines) is 1. The van der Waals surface area contributed by atoms with E-state index in [0.717, 1.165) is 30.0 Å². The van der Waals surface area contributed by atoms with Gasteiger partial charge in [-0.1, -0.05) is 30.7 Å². The van der Waals surface area contributed by atoms with Gasteiger partial charge >= 0.3 is 0 Å². The number of piperidine rings is 1. The smallest absolute Gasteiger partial charge is 0.193 e. The average molecular weight is 434 g/mol. The normalized spacial score (nSPS) is 25.6. The molecule has 1 aromatic rings. The minimum absolute atomic E-state index is 0. The quantitative estimate of drug-likeness (QED) is 0.432. The van der Waals surface area contributed by atoms with Crippen LogP contribution in [-0.2, 0) is 0 Å². The Bertz CT molecular complexity index is 526. The number of aliphatic imine (C=N–C) groups is 1. The van der Waals surface area contributed by atoms with Gasteiger partial charge in [0, 0.05) is 37.1 Å². The van der Waals surface area contributed by atoms with Crippen LogP contribution < -0.4 is 5.32 Å². The summed E-state index contributed by atoms with van der Waals surface area (Å²) >= 11 is 6.08. The first-order valence-corrected chi connectivity index (χ1v) is 8.29. The van der Waals surface area contributed by atoms with Crippen LogP contribution in [0.15, 0.2) is 29.3 Å². The van der Waals surface area contributed by atoms with Crippen LogP contribution in [0.25, 0.3) is 0 Å². The summed E-state index contributed by atoms with van der Waals surface area (Å²) in [6.45, 7) is 4.58. The van der Waals surface area contributed by atoms with Gasteiger partial charge in [-0.2, -0.15) is 0 Å². The lowest BCUT2D eigenvalue weighted by atomic mass is 10.00. The summed E-state index contributed by atoms with van der Waals surface area (Å²) < 4.78 is 0. The molecule has 0 spiro atoms. The summed E-state index contributed by atoms with van der Waals surface area (Å²) in [6, 6.07) is 8.72. The number of hydrogen-bond donors (Lipinski definition) is 1. The highest BCUT2D eigenvalue weighted by Crippen LogP contribution is 2.41. The molecule has 0 aromatic heterocycles. The van der Waals surface area contributed by atoms with Crippen molar-refractivity contribution in [1.29, 1.82) is 0 Å². The lowest BCUT2D eigenvalue weighted by molar-refractivity contribution is 0.273. The van der Waals surface area contributed by atoms with E-state index in [1.807, 2.05) is 19.2 Å². The SMILES string of the molecule is CN=C(NC1CC1c1cccc(Cl)c1)N1CCC(C)CC1.I. The zero-order chi connectivity index (χ0) is 14.8. The molecule has 1 aliphatic carbocycles. The van der Waals surface area contributed by atoms with Crippen LogP contribution in [0.3, 0.4) is 0 Å². The van der Waals surface area contributed by atoms with Gasteiger partial charge in [-0.3, -0.25) is 4.99 Å².